The number of carbonyl (C=O) groups is 1. The first-order valence-electron chi connectivity index (χ1n) is 6.21. The normalized spacial score (nSPS) is 28.4. The van der Waals surface area contributed by atoms with Crippen molar-refractivity contribution in [3.05, 3.63) is 29.8 Å². The molecule has 2 fully saturated rings. The molecule has 4 heteroatoms. The van der Waals surface area contributed by atoms with E-state index in [-0.39, 0.29) is 5.91 Å². The largest absolute Gasteiger partial charge is 0.371 e. The fourth-order valence-electron chi connectivity index (χ4n) is 2.93. The summed E-state index contributed by atoms with van der Waals surface area (Å²) >= 11 is 0. The van der Waals surface area contributed by atoms with Crippen molar-refractivity contribution in [2.24, 2.45) is 11.8 Å². The Morgan fingerprint density at radius 1 is 1.33 bits per heavy atom. The van der Waals surface area contributed by atoms with E-state index < -0.39 is 0 Å². The van der Waals surface area contributed by atoms with Gasteiger partial charge in [0.15, 0.2) is 0 Å². The molecule has 1 N–H and O–H groups in total. The maximum atomic E-state index is 11.0. The molecule has 1 saturated carbocycles. The molecule has 1 aromatic rings. The Balaban J connectivity index is 1.62. The highest BCUT2D eigenvalue weighted by Gasteiger charge is 2.56. The summed E-state index contributed by atoms with van der Waals surface area (Å²) < 4.78 is 0. The number of fused-ring (bicyclic) bond motifs is 1. The van der Waals surface area contributed by atoms with Gasteiger partial charge in [-0.05, 0) is 24.3 Å². The summed E-state index contributed by atoms with van der Waals surface area (Å²) in [5.74, 6) is 1.27. The highest BCUT2D eigenvalue weighted by molar-refractivity contribution is 5.74. The molecule has 1 aliphatic heterocycles. The van der Waals surface area contributed by atoms with Gasteiger partial charge in [0.2, 0.25) is 5.91 Å². The van der Waals surface area contributed by atoms with Crippen molar-refractivity contribution < 1.29 is 4.79 Å². The van der Waals surface area contributed by atoms with E-state index in [4.69, 9.17) is 5.26 Å². The average Bonchev–Trinajstić information content (AvgIpc) is 2.83. The number of nitrogens with zero attached hydrogens (tertiary/aromatic N) is 2. The maximum absolute atomic E-state index is 11.0. The summed E-state index contributed by atoms with van der Waals surface area (Å²) in [6, 6.07) is 10.2. The molecule has 1 amide bonds. The Morgan fingerprint density at radius 3 is 2.44 bits per heavy atom. The van der Waals surface area contributed by atoms with Crippen molar-refractivity contribution in [1.82, 2.24) is 5.32 Å². The van der Waals surface area contributed by atoms with Crippen molar-refractivity contribution in [2.75, 3.05) is 18.0 Å². The van der Waals surface area contributed by atoms with Crippen LogP contribution in [0.25, 0.3) is 0 Å². The van der Waals surface area contributed by atoms with Crippen molar-refractivity contribution in [3.63, 3.8) is 0 Å². The molecular weight excluding hydrogens is 226 g/mol. The number of hydrogen-bond acceptors (Lipinski definition) is 3. The molecule has 1 saturated heterocycles. The number of hydrogen-bond donors (Lipinski definition) is 1. The van der Waals surface area contributed by atoms with Gasteiger partial charge < -0.3 is 10.2 Å². The average molecular weight is 241 g/mol. The molecule has 0 radical (unpaired) electrons. The van der Waals surface area contributed by atoms with Crippen molar-refractivity contribution >= 4 is 11.6 Å². The van der Waals surface area contributed by atoms with Crippen LogP contribution in [0.15, 0.2) is 24.3 Å². The number of piperidine rings is 1. The highest BCUT2D eigenvalue weighted by Crippen LogP contribution is 2.46. The molecule has 18 heavy (non-hydrogen) atoms. The van der Waals surface area contributed by atoms with Crippen LogP contribution in [-0.4, -0.2) is 25.0 Å². The summed E-state index contributed by atoms with van der Waals surface area (Å²) in [6.07, 6.45) is 0. The zero-order valence-electron chi connectivity index (χ0n) is 10.3. The second kappa shape index (κ2) is 4.02. The third kappa shape index (κ3) is 1.82. The molecule has 1 aliphatic carbocycles. The Hall–Kier alpha value is -2.02. The van der Waals surface area contributed by atoms with Gasteiger partial charge in [0.25, 0.3) is 0 Å². The standard InChI is InChI=1S/C14H15N3O/c1-9(18)16-14-12-7-17(8-13(12)14)11-4-2-10(6-15)3-5-11/h2-5,12-14H,7-8H2,1H3,(H,16,18)/t12-,13+,14+. The summed E-state index contributed by atoms with van der Waals surface area (Å²) in [5.41, 5.74) is 1.86. The van der Waals surface area contributed by atoms with Crippen LogP contribution in [0.1, 0.15) is 12.5 Å². The fourth-order valence-corrected chi connectivity index (χ4v) is 2.93. The Bertz CT molecular complexity index is 505. The van der Waals surface area contributed by atoms with E-state index in [0.29, 0.717) is 23.4 Å². The van der Waals surface area contributed by atoms with Crippen molar-refractivity contribution in [3.8, 4) is 6.07 Å². The van der Waals surface area contributed by atoms with Gasteiger partial charge in [-0.1, -0.05) is 0 Å². The van der Waals surface area contributed by atoms with E-state index in [1.54, 1.807) is 6.92 Å². The zero-order valence-corrected chi connectivity index (χ0v) is 10.3. The summed E-state index contributed by atoms with van der Waals surface area (Å²) in [5, 5.41) is 11.8. The predicted molar refractivity (Wildman–Crippen MR) is 68.0 cm³/mol. The van der Waals surface area contributed by atoms with Crippen LogP contribution in [0.4, 0.5) is 5.69 Å². The van der Waals surface area contributed by atoms with Gasteiger partial charge in [0, 0.05) is 43.6 Å². The van der Waals surface area contributed by atoms with E-state index >= 15 is 0 Å². The van der Waals surface area contributed by atoms with Gasteiger partial charge in [-0.15, -0.1) is 0 Å². The first-order valence-corrected chi connectivity index (χ1v) is 6.21. The van der Waals surface area contributed by atoms with E-state index in [2.05, 4.69) is 16.3 Å². The number of anilines is 1. The lowest BCUT2D eigenvalue weighted by molar-refractivity contribution is -0.119. The summed E-state index contributed by atoms with van der Waals surface area (Å²) in [6.45, 7) is 3.58. The van der Waals surface area contributed by atoms with Crippen LogP contribution in [0, 0.1) is 23.2 Å². The SMILES string of the molecule is CC(=O)N[C@H]1[C@@H]2CN(c3ccc(C#N)cc3)C[C@@H]21. The smallest absolute Gasteiger partial charge is 0.217 e. The van der Waals surface area contributed by atoms with E-state index in [1.165, 1.54) is 5.69 Å². The topological polar surface area (TPSA) is 56.1 Å². The summed E-state index contributed by atoms with van der Waals surface area (Å²) in [4.78, 5) is 13.3. The molecule has 2 aliphatic rings. The van der Waals surface area contributed by atoms with E-state index in [9.17, 15) is 4.79 Å². The fraction of sp³-hybridized carbons (Fsp3) is 0.429. The van der Waals surface area contributed by atoms with Crippen LogP contribution in [0.3, 0.4) is 0 Å². The molecule has 0 bridgehead atoms. The molecule has 3 rings (SSSR count). The maximum Gasteiger partial charge on any atom is 0.217 e. The van der Waals surface area contributed by atoms with Gasteiger partial charge in [0.05, 0.1) is 11.6 Å². The van der Waals surface area contributed by atoms with Crippen LogP contribution in [-0.2, 0) is 4.79 Å². The molecule has 3 atom stereocenters. The molecular formula is C14H15N3O. The third-order valence-corrected chi connectivity index (χ3v) is 3.93. The van der Waals surface area contributed by atoms with Crippen molar-refractivity contribution in [2.45, 2.75) is 13.0 Å². The third-order valence-electron chi connectivity index (χ3n) is 3.93. The highest BCUT2D eigenvalue weighted by atomic mass is 16.1. The Morgan fingerprint density at radius 2 is 1.94 bits per heavy atom. The number of carbonyl (C=O) groups excluding carboxylic acids is 1. The van der Waals surface area contributed by atoms with Gasteiger partial charge in [-0.2, -0.15) is 5.26 Å². The predicted octanol–water partition coefficient (Wildman–Crippen LogP) is 1.13. The quantitative estimate of drug-likeness (QED) is 0.844. The number of benzene rings is 1. The zero-order chi connectivity index (χ0) is 12.7. The second-order valence-electron chi connectivity index (χ2n) is 5.12. The van der Waals surface area contributed by atoms with E-state index in [1.807, 2.05) is 24.3 Å². The van der Waals surface area contributed by atoms with Gasteiger partial charge >= 0.3 is 0 Å². The molecule has 1 aromatic carbocycles. The van der Waals surface area contributed by atoms with E-state index in [0.717, 1.165) is 13.1 Å². The van der Waals surface area contributed by atoms with Gasteiger partial charge in [0.1, 0.15) is 0 Å². The first kappa shape index (κ1) is 11.1. The minimum absolute atomic E-state index is 0.0688. The summed E-state index contributed by atoms with van der Waals surface area (Å²) in [7, 11) is 0. The molecule has 1 heterocycles. The molecule has 0 spiro atoms. The van der Waals surface area contributed by atoms with Gasteiger partial charge in [-0.25, -0.2) is 0 Å². The molecule has 0 unspecified atom stereocenters. The number of amides is 1. The van der Waals surface area contributed by atoms with Gasteiger partial charge in [-0.3, -0.25) is 4.79 Å². The lowest BCUT2D eigenvalue weighted by Crippen LogP contribution is -2.33. The number of nitrogens with one attached hydrogen (secondary N) is 1. The van der Waals surface area contributed by atoms with Crippen LogP contribution in [0.5, 0.6) is 0 Å². The van der Waals surface area contributed by atoms with Crippen LogP contribution in [0.2, 0.25) is 0 Å². The minimum Gasteiger partial charge on any atom is -0.371 e. The molecule has 92 valence electrons. The second-order valence-corrected chi connectivity index (χ2v) is 5.12. The molecule has 4 nitrogen and oxygen atoms in total. The Labute approximate surface area is 106 Å². The first-order chi connectivity index (χ1) is 8.69. The number of rotatable bonds is 2. The monoisotopic (exact) mass is 241 g/mol. The van der Waals surface area contributed by atoms with Crippen molar-refractivity contribution in [1.29, 1.82) is 5.26 Å². The minimum atomic E-state index is 0.0688. The Kier molecular flexibility index (Phi) is 2.48. The molecule has 0 aromatic heterocycles. The number of nitriles is 1. The lowest BCUT2D eigenvalue weighted by atomic mass is 10.2. The van der Waals surface area contributed by atoms with Crippen LogP contribution >= 0.6 is 0 Å². The van der Waals surface area contributed by atoms with Crippen LogP contribution < -0.4 is 10.2 Å². The lowest BCUT2D eigenvalue weighted by Gasteiger charge is -2.22.